The lowest BCUT2D eigenvalue weighted by Crippen LogP contribution is -2.29. The van der Waals surface area contributed by atoms with Crippen molar-refractivity contribution in [3.63, 3.8) is 0 Å². The van der Waals surface area contributed by atoms with Crippen molar-refractivity contribution in [2.45, 2.75) is 0 Å². The van der Waals surface area contributed by atoms with E-state index in [0.717, 1.165) is 6.20 Å². The molecule has 1 heterocycles. The minimum atomic E-state index is -0.914. The van der Waals surface area contributed by atoms with Gasteiger partial charge in [-0.2, -0.15) is 0 Å². The number of nitrogens with zero attached hydrogens (tertiary/aromatic N) is 1. The van der Waals surface area contributed by atoms with Crippen molar-refractivity contribution in [2.75, 3.05) is 0 Å². The lowest BCUT2D eigenvalue weighted by molar-refractivity contribution is -0.120. The van der Waals surface area contributed by atoms with Crippen LogP contribution in [-0.2, 0) is 9.59 Å². The predicted molar refractivity (Wildman–Crippen MR) is 65.5 cm³/mol. The summed E-state index contributed by atoms with van der Waals surface area (Å²) in [5.41, 5.74) is 10.3. The summed E-state index contributed by atoms with van der Waals surface area (Å²) in [5.74, 6) is -1.83. The molecule has 0 aliphatic carbocycles. The SMILES string of the molecule is NC(=O)C(=CNC(=S)c1ccncc1)C(N)=O. The van der Waals surface area contributed by atoms with Crippen molar-refractivity contribution < 1.29 is 9.59 Å². The third-order valence-electron chi connectivity index (χ3n) is 1.82. The Morgan fingerprint density at radius 1 is 1.24 bits per heavy atom. The molecule has 0 aliphatic heterocycles. The molecule has 0 aromatic carbocycles. The Kier molecular flexibility index (Phi) is 4.29. The molecule has 0 unspecified atom stereocenters. The van der Waals surface area contributed by atoms with Gasteiger partial charge in [0.05, 0.1) is 0 Å². The van der Waals surface area contributed by atoms with Crippen LogP contribution in [0.15, 0.2) is 36.3 Å². The van der Waals surface area contributed by atoms with Crippen LogP contribution in [-0.4, -0.2) is 21.8 Å². The van der Waals surface area contributed by atoms with Crippen LogP contribution in [0.2, 0.25) is 0 Å². The summed E-state index contributed by atoms with van der Waals surface area (Å²) in [6, 6.07) is 3.36. The molecule has 0 fully saturated rings. The first-order valence-corrected chi connectivity index (χ1v) is 4.94. The number of aromatic nitrogens is 1. The van der Waals surface area contributed by atoms with Crippen LogP contribution in [0, 0.1) is 0 Å². The van der Waals surface area contributed by atoms with Crippen LogP contribution >= 0.6 is 12.2 Å². The molecule has 1 aromatic rings. The molecular formula is C10H10N4O2S. The van der Waals surface area contributed by atoms with Crippen LogP contribution in [0.3, 0.4) is 0 Å². The zero-order valence-electron chi connectivity index (χ0n) is 8.71. The van der Waals surface area contributed by atoms with Crippen LogP contribution < -0.4 is 16.8 Å². The molecule has 0 saturated carbocycles. The van der Waals surface area contributed by atoms with E-state index in [4.69, 9.17) is 23.7 Å². The van der Waals surface area contributed by atoms with Crippen molar-refractivity contribution >= 4 is 29.0 Å². The number of hydrogen-bond donors (Lipinski definition) is 3. The average Bonchev–Trinajstić information content (AvgIpc) is 2.29. The molecule has 0 atom stereocenters. The zero-order chi connectivity index (χ0) is 12.8. The molecule has 0 bridgehead atoms. The lowest BCUT2D eigenvalue weighted by Gasteiger charge is -2.04. The van der Waals surface area contributed by atoms with E-state index >= 15 is 0 Å². The molecule has 7 heteroatoms. The first kappa shape index (κ1) is 12.8. The van der Waals surface area contributed by atoms with Gasteiger partial charge < -0.3 is 16.8 Å². The molecule has 6 nitrogen and oxygen atoms in total. The summed E-state index contributed by atoms with van der Waals surface area (Å²) < 4.78 is 0. The normalized spacial score (nSPS) is 9.18. The summed E-state index contributed by atoms with van der Waals surface area (Å²) >= 11 is 5.02. The molecule has 88 valence electrons. The van der Waals surface area contributed by atoms with Crippen molar-refractivity contribution in [3.8, 4) is 0 Å². The highest BCUT2D eigenvalue weighted by Crippen LogP contribution is 1.98. The van der Waals surface area contributed by atoms with Crippen LogP contribution in [0.5, 0.6) is 0 Å². The van der Waals surface area contributed by atoms with E-state index in [1.54, 1.807) is 24.5 Å². The van der Waals surface area contributed by atoms with Gasteiger partial charge in [0.1, 0.15) is 10.6 Å². The third kappa shape index (κ3) is 3.65. The summed E-state index contributed by atoms with van der Waals surface area (Å²) in [4.78, 5) is 25.9. The summed E-state index contributed by atoms with van der Waals surface area (Å²) in [5, 5.41) is 2.60. The molecule has 5 N–H and O–H groups in total. The van der Waals surface area contributed by atoms with Gasteiger partial charge in [0.15, 0.2) is 0 Å². The monoisotopic (exact) mass is 250 g/mol. The van der Waals surface area contributed by atoms with Crippen molar-refractivity contribution in [1.82, 2.24) is 10.3 Å². The topological polar surface area (TPSA) is 111 Å². The summed E-state index contributed by atoms with van der Waals surface area (Å²) in [7, 11) is 0. The zero-order valence-corrected chi connectivity index (χ0v) is 9.53. The molecule has 1 rings (SSSR count). The molecule has 1 aromatic heterocycles. The molecule has 0 aliphatic rings. The number of nitrogens with two attached hydrogens (primary N) is 2. The summed E-state index contributed by atoms with van der Waals surface area (Å²) in [6.45, 7) is 0. The number of carbonyl (C=O) groups is 2. The Hall–Kier alpha value is -2.28. The van der Waals surface area contributed by atoms with E-state index < -0.39 is 11.8 Å². The largest absolute Gasteiger partial charge is 0.365 e. The molecule has 2 amide bonds. The Morgan fingerprint density at radius 3 is 2.24 bits per heavy atom. The van der Waals surface area contributed by atoms with Gasteiger partial charge in [0, 0.05) is 24.2 Å². The average molecular weight is 250 g/mol. The van der Waals surface area contributed by atoms with Crippen LogP contribution in [0.25, 0.3) is 0 Å². The minimum absolute atomic E-state index is 0.326. The second-order valence-electron chi connectivity index (χ2n) is 3.00. The third-order valence-corrected chi connectivity index (χ3v) is 2.17. The number of nitrogens with one attached hydrogen (secondary N) is 1. The fraction of sp³-hybridized carbons (Fsp3) is 0. The predicted octanol–water partition coefficient (Wildman–Crippen LogP) is -0.799. The second kappa shape index (κ2) is 5.71. The standard InChI is InChI=1S/C10H10N4O2S/c11-8(15)7(9(12)16)5-14-10(17)6-1-3-13-4-2-6/h1-5H,(H2,11,15)(H2,12,16)(H,14,17). The van der Waals surface area contributed by atoms with Gasteiger partial charge in [-0.15, -0.1) is 0 Å². The first-order chi connectivity index (χ1) is 8.02. The first-order valence-electron chi connectivity index (χ1n) is 4.53. The van der Waals surface area contributed by atoms with E-state index in [1.807, 2.05) is 0 Å². The van der Waals surface area contributed by atoms with E-state index in [9.17, 15) is 9.59 Å². The van der Waals surface area contributed by atoms with Gasteiger partial charge in [-0.05, 0) is 12.1 Å². The number of rotatable bonds is 4. The Balaban J connectivity index is 2.79. The minimum Gasteiger partial charge on any atom is -0.365 e. The van der Waals surface area contributed by atoms with Crippen molar-refractivity contribution in [1.29, 1.82) is 0 Å². The van der Waals surface area contributed by atoms with Crippen molar-refractivity contribution in [3.05, 3.63) is 41.9 Å². The van der Waals surface area contributed by atoms with E-state index in [2.05, 4.69) is 10.3 Å². The number of amides is 2. The molecule has 17 heavy (non-hydrogen) atoms. The van der Waals surface area contributed by atoms with Crippen LogP contribution in [0.1, 0.15) is 5.56 Å². The smallest absolute Gasteiger partial charge is 0.255 e. The number of pyridine rings is 1. The Morgan fingerprint density at radius 2 is 1.76 bits per heavy atom. The second-order valence-corrected chi connectivity index (χ2v) is 3.40. The van der Waals surface area contributed by atoms with Crippen LogP contribution in [0.4, 0.5) is 0 Å². The highest BCUT2D eigenvalue weighted by atomic mass is 32.1. The van der Waals surface area contributed by atoms with Gasteiger partial charge in [0.25, 0.3) is 11.8 Å². The molecular weight excluding hydrogens is 240 g/mol. The highest BCUT2D eigenvalue weighted by molar-refractivity contribution is 7.80. The number of carbonyl (C=O) groups excluding carboxylic acids is 2. The van der Waals surface area contributed by atoms with Gasteiger partial charge in [-0.1, -0.05) is 12.2 Å². The van der Waals surface area contributed by atoms with E-state index in [0.29, 0.717) is 10.6 Å². The van der Waals surface area contributed by atoms with E-state index in [-0.39, 0.29) is 5.57 Å². The van der Waals surface area contributed by atoms with Gasteiger partial charge in [-0.3, -0.25) is 14.6 Å². The number of primary amides is 2. The van der Waals surface area contributed by atoms with Gasteiger partial charge in [-0.25, -0.2) is 0 Å². The fourth-order valence-corrected chi connectivity index (χ4v) is 1.18. The fourth-order valence-electron chi connectivity index (χ4n) is 0.988. The quantitative estimate of drug-likeness (QED) is 0.280. The lowest BCUT2D eigenvalue weighted by atomic mass is 10.2. The Bertz CT molecular complexity index is 468. The maximum absolute atomic E-state index is 10.8. The molecule has 0 radical (unpaired) electrons. The maximum atomic E-state index is 10.8. The highest BCUT2D eigenvalue weighted by Gasteiger charge is 2.11. The number of thiocarbonyl (C=S) groups is 1. The molecule has 0 saturated heterocycles. The van der Waals surface area contributed by atoms with Crippen molar-refractivity contribution in [2.24, 2.45) is 11.5 Å². The maximum Gasteiger partial charge on any atom is 0.255 e. The summed E-state index contributed by atoms with van der Waals surface area (Å²) in [6.07, 6.45) is 4.22. The van der Waals surface area contributed by atoms with Gasteiger partial charge >= 0.3 is 0 Å². The molecule has 0 spiro atoms. The van der Waals surface area contributed by atoms with Gasteiger partial charge in [0.2, 0.25) is 0 Å². The Labute approximate surface area is 103 Å². The number of hydrogen-bond acceptors (Lipinski definition) is 4. The van der Waals surface area contributed by atoms with E-state index in [1.165, 1.54) is 0 Å².